The molecular formula is C12H7BrN6. The van der Waals surface area contributed by atoms with E-state index in [9.17, 15) is 0 Å². The second-order valence-corrected chi connectivity index (χ2v) is 4.33. The molecule has 0 saturated carbocycles. The number of anilines is 1. The van der Waals surface area contributed by atoms with E-state index in [0.717, 1.165) is 10.2 Å². The van der Waals surface area contributed by atoms with Gasteiger partial charge in [0.25, 0.3) is 0 Å². The second kappa shape index (κ2) is 5.80. The Hall–Kier alpha value is -2.64. The van der Waals surface area contributed by atoms with Gasteiger partial charge in [0.15, 0.2) is 0 Å². The molecule has 1 heterocycles. The minimum Gasteiger partial charge on any atom is -0.274 e. The number of nitrogens with zero attached hydrogens (tertiary/aromatic N) is 5. The molecule has 1 aromatic heterocycles. The molecule has 1 aromatic carbocycles. The van der Waals surface area contributed by atoms with Crippen LogP contribution < -0.4 is 5.43 Å². The summed E-state index contributed by atoms with van der Waals surface area (Å²) in [5, 5.41) is 25.1. The molecule has 0 atom stereocenters. The Bertz CT molecular complexity index is 687. The van der Waals surface area contributed by atoms with Gasteiger partial charge in [-0.15, -0.1) is 0 Å². The SMILES string of the molecule is N#CC(C#N)=NNc1ccccc1-n1cc(Br)cn1. The number of nitrogens with one attached hydrogen (secondary N) is 1. The van der Waals surface area contributed by atoms with E-state index in [0.29, 0.717) is 5.69 Å². The number of halogens is 1. The molecule has 0 aliphatic heterocycles. The Morgan fingerprint density at radius 2 is 2.05 bits per heavy atom. The zero-order valence-electron chi connectivity index (χ0n) is 9.58. The number of aromatic nitrogens is 2. The predicted molar refractivity (Wildman–Crippen MR) is 73.5 cm³/mol. The van der Waals surface area contributed by atoms with Crippen LogP contribution in [0.5, 0.6) is 0 Å². The fourth-order valence-corrected chi connectivity index (χ4v) is 1.68. The zero-order valence-corrected chi connectivity index (χ0v) is 11.2. The van der Waals surface area contributed by atoms with Crippen LogP contribution in [0.15, 0.2) is 46.2 Å². The zero-order chi connectivity index (χ0) is 13.7. The first-order valence-corrected chi connectivity index (χ1v) is 5.97. The summed E-state index contributed by atoms with van der Waals surface area (Å²) in [7, 11) is 0. The van der Waals surface area contributed by atoms with Crippen LogP contribution in [0.25, 0.3) is 5.69 Å². The first-order valence-electron chi connectivity index (χ1n) is 5.18. The van der Waals surface area contributed by atoms with Gasteiger partial charge in [0, 0.05) is 6.20 Å². The van der Waals surface area contributed by atoms with Crippen LogP contribution >= 0.6 is 15.9 Å². The molecule has 0 radical (unpaired) electrons. The third-order valence-corrected chi connectivity index (χ3v) is 2.61. The summed E-state index contributed by atoms with van der Waals surface area (Å²) in [5.41, 5.74) is 3.85. The van der Waals surface area contributed by atoms with E-state index in [2.05, 4.69) is 31.6 Å². The van der Waals surface area contributed by atoms with Crippen molar-refractivity contribution in [1.82, 2.24) is 9.78 Å². The van der Waals surface area contributed by atoms with E-state index in [1.165, 1.54) is 0 Å². The van der Waals surface area contributed by atoms with Crippen molar-refractivity contribution >= 4 is 27.3 Å². The molecule has 92 valence electrons. The number of hydrogen-bond acceptors (Lipinski definition) is 5. The second-order valence-electron chi connectivity index (χ2n) is 3.42. The molecule has 0 spiro atoms. The fourth-order valence-electron chi connectivity index (χ4n) is 1.39. The summed E-state index contributed by atoms with van der Waals surface area (Å²) in [5.74, 6) is 0. The lowest BCUT2D eigenvalue weighted by Gasteiger charge is -2.07. The minimum absolute atomic E-state index is 0.239. The van der Waals surface area contributed by atoms with E-state index in [1.807, 2.05) is 18.2 Å². The lowest BCUT2D eigenvalue weighted by Crippen LogP contribution is -2.02. The van der Waals surface area contributed by atoms with Crippen LogP contribution in [-0.2, 0) is 0 Å². The van der Waals surface area contributed by atoms with E-state index in [4.69, 9.17) is 10.5 Å². The quantitative estimate of drug-likeness (QED) is 0.696. The Morgan fingerprint density at radius 1 is 1.32 bits per heavy atom. The first kappa shape index (κ1) is 12.8. The number of benzene rings is 1. The van der Waals surface area contributed by atoms with Crippen molar-refractivity contribution in [3.8, 4) is 17.8 Å². The highest BCUT2D eigenvalue weighted by atomic mass is 79.9. The van der Waals surface area contributed by atoms with Gasteiger partial charge < -0.3 is 0 Å². The summed E-state index contributed by atoms with van der Waals surface area (Å²) in [4.78, 5) is 0. The standard InChI is InChI=1S/C12H7BrN6/c13-9-7-16-19(8-9)12-4-2-1-3-11(12)18-17-10(5-14)6-15/h1-4,7-8,18H. The van der Waals surface area contributed by atoms with Crippen LogP contribution in [0, 0.1) is 22.7 Å². The van der Waals surface area contributed by atoms with E-state index in [-0.39, 0.29) is 5.71 Å². The van der Waals surface area contributed by atoms with Gasteiger partial charge in [0.1, 0.15) is 12.1 Å². The van der Waals surface area contributed by atoms with Crippen molar-refractivity contribution < 1.29 is 0 Å². The largest absolute Gasteiger partial charge is 0.274 e. The van der Waals surface area contributed by atoms with Gasteiger partial charge in [-0.25, -0.2) is 4.68 Å². The van der Waals surface area contributed by atoms with Crippen molar-refractivity contribution in [2.24, 2.45) is 5.10 Å². The third-order valence-electron chi connectivity index (χ3n) is 2.20. The molecule has 2 aromatic rings. The molecule has 0 amide bonds. The molecule has 0 bridgehead atoms. The third kappa shape index (κ3) is 2.97. The lowest BCUT2D eigenvalue weighted by atomic mass is 10.3. The number of hydrazone groups is 1. The summed E-state index contributed by atoms with van der Waals surface area (Å²) in [6.45, 7) is 0. The number of rotatable bonds is 3. The van der Waals surface area contributed by atoms with Crippen LogP contribution in [0.3, 0.4) is 0 Å². The number of para-hydroxylation sites is 2. The van der Waals surface area contributed by atoms with Crippen LogP contribution in [0.1, 0.15) is 0 Å². The molecule has 0 saturated heterocycles. The average molecular weight is 315 g/mol. The van der Waals surface area contributed by atoms with E-state index < -0.39 is 0 Å². The Labute approximate surface area is 117 Å². The molecule has 0 fully saturated rings. The van der Waals surface area contributed by atoms with Crippen LogP contribution in [-0.4, -0.2) is 15.5 Å². The van der Waals surface area contributed by atoms with Gasteiger partial charge in [-0.3, -0.25) is 5.43 Å². The average Bonchev–Trinajstić information content (AvgIpc) is 2.87. The summed E-state index contributed by atoms with van der Waals surface area (Å²) in [6.07, 6.45) is 3.45. The molecule has 2 rings (SSSR count). The monoisotopic (exact) mass is 314 g/mol. The first-order chi connectivity index (χ1) is 9.24. The normalized spacial score (nSPS) is 9.21. The van der Waals surface area contributed by atoms with Crippen LogP contribution in [0.4, 0.5) is 5.69 Å². The molecular weight excluding hydrogens is 308 g/mol. The molecule has 6 nitrogen and oxygen atoms in total. The Balaban J connectivity index is 2.36. The number of hydrogen-bond donors (Lipinski definition) is 1. The smallest absolute Gasteiger partial charge is 0.237 e. The topological polar surface area (TPSA) is 89.8 Å². The molecule has 0 unspecified atom stereocenters. The van der Waals surface area contributed by atoms with Crippen molar-refractivity contribution in [2.45, 2.75) is 0 Å². The summed E-state index contributed by atoms with van der Waals surface area (Å²) in [6, 6.07) is 10.7. The van der Waals surface area contributed by atoms with Crippen molar-refractivity contribution in [2.75, 3.05) is 5.43 Å². The molecule has 7 heteroatoms. The molecule has 19 heavy (non-hydrogen) atoms. The maximum absolute atomic E-state index is 8.63. The minimum atomic E-state index is -0.239. The Morgan fingerprint density at radius 3 is 2.68 bits per heavy atom. The predicted octanol–water partition coefficient (Wildman–Crippen LogP) is 2.45. The number of nitriles is 2. The highest BCUT2D eigenvalue weighted by Gasteiger charge is 2.05. The summed E-state index contributed by atoms with van der Waals surface area (Å²) >= 11 is 3.32. The van der Waals surface area contributed by atoms with Gasteiger partial charge in [-0.1, -0.05) is 12.1 Å². The molecule has 0 aliphatic carbocycles. The highest BCUT2D eigenvalue weighted by Crippen LogP contribution is 2.20. The maximum Gasteiger partial charge on any atom is 0.237 e. The van der Waals surface area contributed by atoms with Crippen molar-refractivity contribution in [3.05, 3.63) is 41.1 Å². The van der Waals surface area contributed by atoms with Crippen molar-refractivity contribution in [1.29, 1.82) is 10.5 Å². The lowest BCUT2D eigenvalue weighted by molar-refractivity contribution is 0.880. The highest BCUT2D eigenvalue weighted by molar-refractivity contribution is 9.10. The van der Waals surface area contributed by atoms with Crippen molar-refractivity contribution in [3.63, 3.8) is 0 Å². The fraction of sp³-hybridized carbons (Fsp3) is 0. The van der Waals surface area contributed by atoms with Gasteiger partial charge >= 0.3 is 0 Å². The molecule has 0 aliphatic rings. The van der Waals surface area contributed by atoms with Gasteiger partial charge in [-0.2, -0.15) is 20.7 Å². The Kier molecular flexibility index (Phi) is 3.91. The van der Waals surface area contributed by atoms with Gasteiger partial charge in [-0.05, 0) is 28.1 Å². The summed E-state index contributed by atoms with van der Waals surface area (Å²) < 4.78 is 2.50. The van der Waals surface area contributed by atoms with Gasteiger partial charge in [0.05, 0.1) is 22.0 Å². The van der Waals surface area contributed by atoms with E-state index >= 15 is 0 Å². The molecule has 1 N–H and O–H groups in total. The van der Waals surface area contributed by atoms with Gasteiger partial charge in [0.2, 0.25) is 5.71 Å². The van der Waals surface area contributed by atoms with E-state index in [1.54, 1.807) is 35.3 Å². The van der Waals surface area contributed by atoms with Crippen LogP contribution in [0.2, 0.25) is 0 Å². The maximum atomic E-state index is 8.63.